The summed E-state index contributed by atoms with van der Waals surface area (Å²) in [6, 6.07) is 0.818. The second kappa shape index (κ2) is 5.56. The number of rotatable bonds is 3. The first-order chi connectivity index (χ1) is 9.83. The minimum Gasteiger partial charge on any atom is -0.370 e. The van der Waals surface area contributed by atoms with Crippen LogP contribution < -0.4 is 5.32 Å². The highest BCUT2D eigenvalue weighted by molar-refractivity contribution is 4.96. The Balaban J connectivity index is 1.20. The Bertz CT molecular complexity index is 331. The molecule has 1 saturated carbocycles. The first-order valence-electron chi connectivity index (χ1n) is 8.68. The predicted octanol–water partition coefficient (Wildman–Crippen LogP) is 1.07. The molecule has 4 fully saturated rings. The number of piperazine rings is 1. The van der Waals surface area contributed by atoms with Gasteiger partial charge in [0.25, 0.3) is 0 Å². The molecule has 0 aromatic rings. The quantitative estimate of drug-likeness (QED) is 0.836. The van der Waals surface area contributed by atoms with E-state index in [0.717, 1.165) is 6.04 Å². The molecule has 0 aromatic heterocycles. The van der Waals surface area contributed by atoms with Crippen LogP contribution in [-0.4, -0.2) is 73.4 Å². The summed E-state index contributed by atoms with van der Waals surface area (Å²) in [4.78, 5) is 5.28. The maximum atomic E-state index is 6.43. The minimum absolute atomic E-state index is 0.313. The lowest BCUT2D eigenvalue weighted by atomic mass is 9.98. The van der Waals surface area contributed by atoms with Gasteiger partial charge in [0, 0.05) is 51.9 Å². The van der Waals surface area contributed by atoms with E-state index < -0.39 is 0 Å². The van der Waals surface area contributed by atoms with Gasteiger partial charge >= 0.3 is 0 Å². The fourth-order valence-electron chi connectivity index (χ4n) is 4.67. The largest absolute Gasteiger partial charge is 0.370 e. The molecule has 1 aliphatic carbocycles. The summed E-state index contributed by atoms with van der Waals surface area (Å²) in [5, 5.41) is 3.44. The van der Waals surface area contributed by atoms with Crippen LogP contribution in [0.1, 0.15) is 38.5 Å². The van der Waals surface area contributed by atoms with E-state index in [-0.39, 0.29) is 0 Å². The second-order valence-corrected chi connectivity index (χ2v) is 7.33. The monoisotopic (exact) mass is 279 g/mol. The van der Waals surface area contributed by atoms with E-state index in [1.165, 1.54) is 84.3 Å². The van der Waals surface area contributed by atoms with Crippen molar-refractivity contribution in [2.24, 2.45) is 0 Å². The van der Waals surface area contributed by atoms with Gasteiger partial charge in [-0.15, -0.1) is 0 Å². The highest BCUT2D eigenvalue weighted by atomic mass is 16.5. The van der Waals surface area contributed by atoms with Crippen molar-refractivity contribution in [1.29, 1.82) is 0 Å². The van der Waals surface area contributed by atoms with E-state index in [2.05, 4.69) is 15.1 Å². The summed E-state index contributed by atoms with van der Waals surface area (Å²) >= 11 is 0. The van der Waals surface area contributed by atoms with E-state index >= 15 is 0 Å². The third-order valence-electron chi connectivity index (χ3n) is 5.92. The fourth-order valence-corrected chi connectivity index (χ4v) is 4.67. The smallest absolute Gasteiger partial charge is 0.0710 e. The Morgan fingerprint density at radius 1 is 1.05 bits per heavy atom. The average molecular weight is 279 g/mol. The highest BCUT2D eigenvalue weighted by Gasteiger charge is 2.43. The lowest BCUT2D eigenvalue weighted by molar-refractivity contribution is -0.0654. The minimum atomic E-state index is 0.313. The Labute approximate surface area is 122 Å². The van der Waals surface area contributed by atoms with Gasteiger partial charge in [0.15, 0.2) is 0 Å². The van der Waals surface area contributed by atoms with Gasteiger partial charge in [-0.1, -0.05) is 12.8 Å². The van der Waals surface area contributed by atoms with Crippen LogP contribution in [0, 0.1) is 0 Å². The molecule has 1 atom stereocenters. The molecule has 3 aliphatic heterocycles. The zero-order valence-corrected chi connectivity index (χ0v) is 12.6. The molecule has 1 spiro atoms. The molecule has 3 saturated heterocycles. The summed E-state index contributed by atoms with van der Waals surface area (Å²) in [6.45, 7) is 8.54. The van der Waals surface area contributed by atoms with Crippen LogP contribution in [0.3, 0.4) is 0 Å². The van der Waals surface area contributed by atoms with Crippen molar-refractivity contribution < 1.29 is 4.74 Å². The van der Waals surface area contributed by atoms with Gasteiger partial charge in [-0.2, -0.15) is 0 Å². The van der Waals surface area contributed by atoms with Gasteiger partial charge in [0.05, 0.1) is 11.7 Å². The number of nitrogens with one attached hydrogen (secondary N) is 1. The van der Waals surface area contributed by atoms with Crippen LogP contribution in [0.4, 0.5) is 0 Å². The average Bonchev–Trinajstić information content (AvgIpc) is 3.05. The third-order valence-corrected chi connectivity index (χ3v) is 5.92. The number of hydrogen-bond donors (Lipinski definition) is 1. The molecule has 0 amide bonds. The summed E-state index contributed by atoms with van der Waals surface area (Å²) < 4.78 is 6.43. The Morgan fingerprint density at radius 2 is 1.80 bits per heavy atom. The maximum absolute atomic E-state index is 6.43. The number of ether oxygens (including phenoxy) is 1. The summed E-state index contributed by atoms with van der Waals surface area (Å²) in [7, 11) is 0. The van der Waals surface area contributed by atoms with Gasteiger partial charge < -0.3 is 10.1 Å². The number of likely N-dealkylation sites (tertiary alicyclic amines) is 1. The maximum Gasteiger partial charge on any atom is 0.0710 e. The van der Waals surface area contributed by atoms with Crippen molar-refractivity contribution in [3.63, 3.8) is 0 Å². The molecule has 0 bridgehead atoms. The molecule has 4 heteroatoms. The summed E-state index contributed by atoms with van der Waals surface area (Å²) in [5.41, 5.74) is 0.313. The van der Waals surface area contributed by atoms with E-state index in [1.54, 1.807) is 0 Å². The predicted molar refractivity (Wildman–Crippen MR) is 80.0 cm³/mol. The molecule has 1 unspecified atom stereocenters. The van der Waals surface area contributed by atoms with Crippen LogP contribution in [0.2, 0.25) is 0 Å². The summed E-state index contributed by atoms with van der Waals surface area (Å²) in [5.74, 6) is 0. The van der Waals surface area contributed by atoms with Crippen molar-refractivity contribution in [3.8, 4) is 0 Å². The van der Waals surface area contributed by atoms with E-state index in [0.29, 0.717) is 11.7 Å². The number of hydrogen-bond acceptors (Lipinski definition) is 4. The zero-order valence-electron chi connectivity index (χ0n) is 12.6. The normalized spacial score (nSPS) is 35.7. The standard InChI is InChI=1S/C16H29N3O/c1-2-5-16(4-1)6-3-15(20-16)13-18-11-14(12-18)19-9-7-17-8-10-19/h14-15,17H,1-13H2. The highest BCUT2D eigenvalue weighted by Crippen LogP contribution is 2.43. The van der Waals surface area contributed by atoms with Gasteiger partial charge in [0.2, 0.25) is 0 Å². The van der Waals surface area contributed by atoms with Crippen LogP contribution >= 0.6 is 0 Å². The van der Waals surface area contributed by atoms with Crippen molar-refractivity contribution in [2.75, 3.05) is 45.8 Å². The first kappa shape index (κ1) is 13.5. The van der Waals surface area contributed by atoms with Gasteiger partial charge in [0.1, 0.15) is 0 Å². The van der Waals surface area contributed by atoms with Crippen LogP contribution in [0.25, 0.3) is 0 Å². The SMILES string of the molecule is C1CCC2(C1)CCC(CN1CC(N3CCNCC3)C1)O2. The van der Waals surface area contributed by atoms with Crippen LogP contribution in [-0.2, 0) is 4.74 Å². The van der Waals surface area contributed by atoms with E-state index in [4.69, 9.17) is 4.74 Å². The molecule has 3 heterocycles. The zero-order chi connectivity index (χ0) is 13.4. The van der Waals surface area contributed by atoms with Crippen LogP contribution in [0.15, 0.2) is 0 Å². The molecule has 4 rings (SSSR count). The van der Waals surface area contributed by atoms with Gasteiger partial charge in [-0.05, 0) is 25.7 Å². The van der Waals surface area contributed by atoms with E-state index in [1.807, 2.05) is 0 Å². The van der Waals surface area contributed by atoms with Gasteiger partial charge in [-0.3, -0.25) is 9.80 Å². The van der Waals surface area contributed by atoms with Crippen molar-refractivity contribution in [2.45, 2.75) is 56.3 Å². The third kappa shape index (κ3) is 2.63. The molecule has 114 valence electrons. The summed E-state index contributed by atoms with van der Waals surface area (Å²) in [6.07, 6.45) is 8.58. The fraction of sp³-hybridized carbons (Fsp3) is 1.00. The molecular weight excluding hydrogens is 250 g/mol. The number of nitrogens with zero attached hydrogens (tertiary/aromatic N) is 2. The van der Waals surface area contributed by atoms with Crippen molar-refractivity contribution in [1.82, 2.24) is 15.1 Å². The molecule has 4 aliphatic rings. The van der Waals surface area contributed by atoms with Crippen molar-refractivity contribution >= 4 is 0 Å². The van der Waals surface area contributed by atoms with Gasteiger partial charge in [-0.25, -0.2) is 0 Å². The Morgan fingerprint density at radius 3 is 2.55 bits per heavy atom. The Kier molecular flexibility index (Phi) is 3.75. The van der Waals surface area contributed by atoms with Crippen LogP contribution in [0.5, 0.6) is 0 Å². The molecular formula is C16H29N3O. The molecule has 1 N–H and O–H groups in total. The first-order valence-corrected chi connectivity index (χ1v) is 8.68. The Hall–Kier alpha value is -0.160. The lowest BCUT2D eigenvalue weighted by Crippen LogP contribution is -2.63. The topological polar surface area (TPSA) is 27.7 Å². The molecule has 20 heavy (non-hydrogen) atoms. The molecule has 0 aromatic carbocycles. The lowest BCUT2D eigenvalue weighted by Gasteiger charge is -2.47. The molecule has 4 nitrogen and oxygen atoms in total. The van der Waals surface area contributed by atoms with E-state index in [9.17, 15) is 0 Å². The van der Waals surface area contributed by atoms with Crippen molar-refractivity contribution in [3.05, 3.63) is 0 Å². The molecule has 0 radical (unpaired) electrons. The second-order valence-electron chi connectivity index (χ2n) is 7.33.